The van der Waals surface area contributed by atoms with Gasteiger partial charge in [-0.15, -0.1) is 0 Å². The number of aromatic nitrogens is 2. The highest BCUT2D eigenvalue weighted by Crippen LogP contribution is 2.23. The number of hydrogen-bond acceptors (Lipinski definition) is 6. The van der Waals surface area contributed by atoms with E-state index in [2.05, 4.69) is 27.6 Å². The fourth-order valence-electron chi connectivity index (χ4n) is 2.29. The van der Waals surface area contributed by atoms with Crippen LogP contribution in [0.15, 0.2) is 6.33 Å². The first-order valence-electron chi connectivity index (χ1n) is 6.35. The maximum atomic E-state index is 5.41. The molecule has 1 aromatic heterocycles. The van der Waals surface area contributed by atoms with Crippen LogP contribution in [0, 0.1) is 12.8 Å². The molecule has 0 aromatic carbocycles. The van der Waals surface area contributed by atoms with Gasteiger partial charge in [0.15, 0.2) is 0 Å². The first kappa shape index (κ1) is 13.0. The van der Waals surface area contributed by atoms with Crippen LogP contribution in [-0.2, 0) is 4.74 Å². The molecule has 0 aliphatic carbocycles. The Hall–Kier alpha value is -1.40. The number of ether oxygens (including phenoxy) is 1. The summed E-state index contributed by atoms with van der Waals surface area (Å²) >= 11 is 0. The second-order valence-electron chi connectivity index (χ2n) is 4.72. The molecule has 18 heavy (non-hydrogen) atoms. The third-order valence-corrected chi connectivity index (χ3v) is 3.56. The Morgan fingerprint density at radius 1 is 1.33 bits per heavy atom. The molecule has 0 radical (unpaired) electrons. The molecule has 0 spiro atoms. The van der Waals surface area contributed by atoms with E-state index in [0.717, 1.165) is 37.4 Å². The topological polar surface area (TPSA) is 85.1 Å². The summed E-state index contributed by atoms with van der Waals surface area (Å²) in [6.07, 6.45) is 3.71. The highest BCUT2D eigenvalue weighted by atomic mass is 16.5. The van der Waals surface area contributed by atoms with Gasteiger partial charge in [-0.1, -0.05) is 0 Å². The smallest absolute Gasteiger partial charge is 0.148 e. The van der Waals surface area contributed by atoms with Crippen molar-refractivity contribution in [1.29, 1.82) is 0 Å². The van der Waals surface area contributed by atoms with Gasteiger partial charge in [0.2, 0.25) is 0 Å². The van der Waals surface area contributed by atoms with E-state index in [1.54, 1.807) is 0 Å². The Morgan fingerprint density at radius 2 is 2.00 bits per heavy atom. The van der Waals surface area contributed by atoms with E-state index < -0.39 is 0 Å². The zero-order chi connectivity index (χ0) is 13.0. The molecule has 6 heteroatoms. The van der Waals surface area contributed by atoms with Crippen LogP contribution in [0.4, 0.5) is 11.6 Å². The molecule has 1 aromatic rings. The van der Waals surface area contributed by atoms with Crippen molar-refractivity contribution in [3.8, 4) is 0 Å². The highest BCUT2D eigenvalue weighted by molar-refractivity contribution is 5.56. The van der Waals surface area contributed by atoms with Gasteiger partial charge in [-0.05, 0) is 32.6 Å². The molecule has 1 aliphatic heterocycles. The number of nitrogens with zero attached hydrogens (tertiary/aromatic N) is 2. The summed E-state index contributed by atoms with van der Waals surface area (Å²) in [6, 6.07) is 0.369. The standard InChI is InChI=1S/C12H21N5O/c1-8-11(14-7-15-12(8)17-13)16-9(2)10-3-5-18-6-4-10/h7,9-10H,3-6,13H2,1-2H3,(H2,14,15,16,17). The van der Waals surface area contributed by atoms with Crippen molar-refractivity contribution in [3.63, 3.8) is 0 Å². The molecule has 1 unspecified atom stereocenters. The maximum Gasteiger partial charge on any atom is 0.148 e. The summed E-state index contributed by atoms with van der Waals surface area (Å²) in [5, 5.41) is 3.45. The zero-order valence-electron chi connectivity index (χ0n) is 10.9. The van der Waals surface area contributed by atoms with Crippen LogP contribution in [0.5, 0.6) is 0 Å². The predicted octanol–water partition coefficient (Wildman–Crippen LogP) is 1.30. The number of rotatable bonds is 4. The molecular formula is C12H21N5O. The Bertz CT molecular complexity index is 392. The lowest BCUT2D eigenvalue weighted by atomic mass is 9.93. The van der Waals surface area contributed by atoms with Crippen LogP contribution in [0.2, 0.25) is 0 Å². The first-order valence-corrected chi connectivity index (χ1v) is 6.35. The van der Waals surface area contributed by atoms with Gasteiger partial charge in [-0.25, -0.2) is 15.8 Å². The molecule has 2 heterocycles. The maximum absolute atomic E-state index is 5.41. The number of nitrogens with two attached hydrogens (primary N) is 1. The van der Waals surface area contributed by atoms with Gasteiger partial charge in [0, 0.05) is 24.8 Å². The lowest BCUT2D eigenvalue weighted by molar-refractivity contribution is 0.0622. The third kappa shape index (κ3) is 2.88. The fourth-order valence-corrected chi connectivity index (χ4v) is 2.29. The van der Waals surface area contributed by atoms with Crippen molar-refractivity contribution in [3.05, 3.63) is 11.9 Å². The second-order valence-corrected chi connectivity index (χ2v) is 4.72. The van der Waals surface area contributed by atoms with Gasteiger partial charge in [-0.2, -0.15) is 0 Å². The van der Waals surface area contributed by atoms with Gasteiger partial charge >= 0.3 is 0 Å². The van der Waals surface area contributed by atoms with Gasteiger partial charge in [-0.3, -0.25) is 0 Å². The molecule has 0 amide bonds. The molecule has 6 nitrogen and oxygen atoms in total. The molecule has 2 rings (SSSR count). The molecule has 1 saturated heterocycles. The number of hydrazine groups is 1. The molecule has 1 aliphatic rings. The molecule has 1 atom stereocenters. The molecule has 0 saturated carbocycles. The Morgan fingerprint density at radius 3 is 2.67 bits per heavy atom. The van der Waals surface area contributed by atoms with E-state index in [1.165, 1.54) is 6.33 Å². The van der Waals surface area contributed by atoms with Crippen LogP contribution >= 0.6 is 0 Å². The second kappa shape index (κ2) is 5.97. The van der Waals surface area contributed by atoms with Crippen molar-refractivity contribution in [2.45, 2.75) is 32.7 Å². The molecule has 100 valence electrons. The summed E-state index contributed by atoms with van der Waals surface area (Å²) in [5.74, 6) is 7.54. The molecule has 4 N–H and O–H groups in total. The summed E-state index contributed by atoms with van der Waals surface area (Å²) in [7, 11) is 0. The van der Waals surface area contributed by atoms with E-state index in [-0.39, 0.29) is 0 Å². The minimum atomic E-state index is 0.369. The largest absolute Gasteiger partial charge is 0.381 e. The third-order valence-electron chi connectivity index (χ3n) is 3.56. The fraction of sp³-hybridized carbons (Fsp3) is 0.667. The number of hydrogen-bond donors (Lipinski definition) is 3. The van der Waals surface area contributed by atoms with Crippen LogP contribution in [0.1, 0.15) is 25.3 Å². The van der Waals surface area contributed by atoms with Crippen molar-refractivity contribution in [2.24, 2.45) is 11.8 Å². The van der Waals surface area contributed by atoms with Crippen molar-refractivity contribution in [1.82, 2.24) is 9.97 Å². The average molecular weight is 251 g/mol. The Kier molecular flexibility index (Phi) is 4.33. The first-order chi connectivity index (χ1) is 8.72. The lowest BCUT2D eigenvalue weighted by Crippen LogP contribution is -2.31. The predicted molar refractivity (Wildman–Crippen MR) is 71.2 cm³/mol. The number of anilines is 2. The quantitative estimate of drug-likeness (QED) is 0.552. The summed E-state index contributed by atoms with van der Waals surface area (Å²) in [4.78, 5) is 8.34. The van der Waals surface area contributed by atoms with Gasteiger partial charge < -0.3 is 15.5 Å². The molecule has 1 fully saturated rings. The number of nitrogens with one attached hydrogen (secondary N) is 2. The molecular weight excluding hydrogens is 230 g/mol. The van der Waals surface area contributed by atoms with Gasteiger partial charge in [0.1, 0.15) is 18.0 Å². The minimum Gasteiger partial charge on any atom is -0.381 e. The monoisotopic (exact) mass is 251 g/mol. The van der Waals surface area contributed by atoms with Gasteiger partial charge in [0.05, 0.1) is 0 Å². The summed E-state index contributed by atoms with van der Waals surface area (Å²) in [5.41, 5.74) is 3.52. The Balaban J connectivity index is 2.04. The number of nitrogen functional groups attached to an aromatic ring is 1. The van der Waals surface area contributed by atoms with E-state index in [9.17, 15) is 0 Å². The van der Waals surface area contributed by atoms with Crippen LogP contribution in [0.3, 0.4) is 0 Å². The van der Waals surface area contributed by atoms with Crippen LogP contribution in [-0.4, -0.2) is 29.2 Å². The SMILES string of the molecule is Cc1c(NN)ncnc1NC(C)C1CCOCC1. The average Bonchev–Trinajstić information content (AvgIpc) is 2.42. The summed E-state index contributed by atoms with van der Waals surface area (Å²) < 4.78 is 5.38. The lowest BCUT2D eigenvalue weighted by Gasteiger charge is -2.29. The van der Waals surface area contributed by atoms with Gasteiger partial charge in [0.25, 0.3) is 0 Å². The van der Waals surface area contributed by atoms with Crippen molar-refractivity contribution < 1.29 is 4.74 Å². The highest BCUT2D eigenvalue weighted by Gasteiger charge is 2.21. The Labute approximate surface area is 107 Å². The normalized spacial score (nSPS) is 18.4. The summed E-state index contributed by atoms with van der Waals surface area (Å²) in [6.45, 7) is 5.85. The van der Waals surface area contributed by atoms with Crippen LogP contribution in [0.25, 0.3) is 0 Å². The minimum absolute atomic E-state index is 0.369. The molecule has 0 bridgehead atoms. The van der Waals surface area contributed by atoms with E-state index in [1.807, 2.05) is 6.92 Å². The van der Waals surface area contributed by atoms with Crippen molar-refractivity contribution >= 4 is 11.6 Å². The van der Waals surface area contributed by atoms with E-state index in [4.69, 9.17) is 10.6 Å². The zero-order valence-corrected chi connectivity index (χ0v) is 10.9. The van der Waals surface area contributed by atoms with Crippen LogP contribution < -0.4 is 16.6 Å². The van der Waals surface area contributed by atoms with E-state index >= 15 is 0 Å². The van der Waals surface area contributed by atoms with Crippen molar-refractivity contribution in [2.75, 3.05) is 24.0 Å². The van der Waals surface area contributed by atoms with E-state index in [0.29, 0.717) is 17.8 Å².